The van der Waals surface area contributed by atoms with Crippen molar-refractivity contribution in [2.24, 2.45) is 11.8 Å². The minimum atomic E-state index is -0.181. The van der Waals surface area contributed by atoms with Gasteiger partial charge in [-0.15, -0.1) is 0 Å². The molecule has 0 aromatic heterocycles. The van der Waals surface area contributed by atoms with Gasteiger partial charge in [-0.3, -0.25) is 14.5 Å². The lowest BCUT2D eigenvalue weighted by Gasteiger charge is -2.60. The molecule has 2 bridgehead atoms. The Morgan fingerprint density at radius 3 is 2.77 bits per heavy atom. The predicted molar refractivity (Wildman–Crippen MR) is 151 cm³/mol. The zero-order chi connectivity index (χ0) is 27.6. The van der Waals surface area contributed by atoms with Crippen LogP contribution in [-0.4, -0.2) is 73.2 Å². The molecule has 7 atom stereocenters. The maximum Gasteiger partial charge on any atom is 0.302 e. The third-order valence-corrected chi connectivity index (χ3v) is 10.3. The molecule has 0 N–H and O–H groups in total. The van der Waals surface area contributed by atoms with Crippen molar-refractivity contribution in [2.75, 3.05) is 27.2 Å². The maximum atomic E-state index is 13.4. The molecule has 7 rings (SSSR count). The van der Waals surface area contributed by atoms with E-state index < -0.39 is 0 Å². The monoisotopic (exact) mass is 542 g/mol. The lowest BCUT2D eigenvalue weighted by Crippen LogP contribution is -2.69. The van der Waals surface area contributed by atoms with Crippen LogP contribution in [0.15, 0.2) is 48.5 Å². The summed E-state index contributed by atoms with van der Waals surface area (Å²) in [4.78, 5) is 29.5. The normalized spacial score (nSPS) is 33.2. The zero-order valence-corrected chi connectivity index (χ0v) is 23.5. The van der Waals surface area contributed by atoms with E-state index in [-0.39, 0.29) is 35.5 Å². The van der Waals surface area contributed by atoms with Crippen LogP contribution in [-0.2, 0) is 26.2 Å². The summed E-state index contributed by atoms with van der Waals surface area (Å²) in [5.41, 5.74) is 3.58. The molecule has 2 heterocycles. The Balaban J connectivity index is 1.19. The molecule has 7 nitrogen and oxygen atoms in total. The van der Waals surface area contributed by atoms with Gasteiger partial charge in [0.25, 0.3) is 0 Å². The molecule has 5 aliphatic rings. The fourth-order valence-electron chi connectivity index (χ4n) is 8.46. The highest BCUT2D eigenvalue weighted by atomic mass is 16.5. The van der Waals surface area contributed by atoms with E-state index in [9.17, 15) is 9.59 Å². The highest BCUT2D eigenvalue weighted by molar-refractivity contribution is 5.92. The number of hydrogen-bond acceptors (Lipinski definition) is 6. The van der Waals surface area contributed by atoms with Crippen molar-refractivity contribution in [3.8, 4) is 11.5 Å². The van der Waals surface area contributed by atoms with Crippen molar-refractivity contribution in [3.05, 3.63) is 65.2 Å². The fourth-order valence-corrected chi connectivity index (χ4v) is 8.46. The molecule has 2 aromatic carbocycles. The number of methoxy groups -OCH3 is 1. The molecule has 7 heteroatoms. The average molecular weight is 543 g/mol. The number of ether oxygens (including phenoxy) is 3. The maximum absolute atomic E-state index is 13.4. The molecule has 2 aromatic rings. The van der Waals surface area contributed by atoms with Gasteiger partial charge in [0, 0.05) is 49.5 Å². The first-order chi connectivity index (χ1) is 19.4. The number of carbonyl (C=O) groups excluding carboxylic acids is 2. The Hall–Kier alpha value is -3.32. The lowest BCUT2D eigenvalue weighted by molar-refractivity contribution is -0.142. The quantitative estimate of drug-likeness (QED) is 0.386. The number of amides is 1. The highest BCUT2D eigenvalue weighted by Crippen LogP contribution is 2.64. The van der Waals surface area contributed by atoms with Crippen LogP contribution in [0.25, 0.3) is 6.08 Å². The van der Waals surface area contributed by atoms with Gasteiger partial charge >= 0.3 is 5.97 Å². The Morgan fingerprint density at radius 2 is 2.00 bits per heavy atom. The van der Waals surface area contributed by atoms with Crippen molar-refractivity contribution >= 4 is 18.0 Å². The SMILES string of the molecule is COc1ccc2c3c1O[C@H]1[C@@H](N(C)C(=O)C=Cc4ccccc4)CC[C@H]4[C@@H](C2)N(CC2CC2OC(C)=O)CC[C@@]341. The summed E-state index contributed by atoms with van der Waals surface area (Å²) >= 11 is 0. The Morgan fingerprint density at radius 1 is 1.18 bits per heavy atom. The number of carbonyl (C=O) groups is 2. The smallest absolute Gasteiger partial charge is 0.302 e. The van der Waals surface area contributed by atoms with Gasteiger partial charge < -0.3 is 19.1 Å². The first-order valence-electron chi connectivity index (χ1n) is 14.7. The standard InChI is InChI=1S/C33H38N2O5/c1-20(36)39-28-18-23(28)19-35-16-15-33-24-11-12-25(34(2)29(37)14-9-21-7-5-4-6-8-21)32(33)40-31-27(38-3)13-10-22(30(31)33)17-26(24)35/h4-10,13-14,23-26,28,32H,11-12,15-19H2,1-3H3/t23?,24-,25-,26+,28?,32-,33-/m0/s1. The first kappa shape index (κ1) is 25.6. The second-order valence-corrected chi connectivity index (χ2v) is 12.3. The second kappa shape index (κ2) is 9.65. The number of likely N-dealkylation sites (N-methyl/N-ethyl adjacent to an activating group) is 1. The fraction of sp³-hybridized carbons (Fsp3) is 0.515. The summed E-state index contributed by atoms with van der Waals surface area (Å²) < 4.78 is 18.2. The molecule has 1 amide bonds. The van der Waals surface area contributed by atoms with Crippen molar-refractivity contribution in [2.45, 2.75) is 68.7 Å². The van der Waals surface area contributed by atoms with E-state index >= 15 is 0 Å². The van der Waals surface area contributed by atoms with Crippen molar-refractivity contribution < 1.29 is 23.8 Å². The summed E-state index contributed by atoms with van der Waals surface area (Å²) in [6.07, 6.45) is 8.48. The number of benzene rings is 2. The van der Waals surface area contributed by atoms with Gasteiger partial charge in [-0.05, 0) is 67.8 Å². The minimum absolute atomic E-state index is 0.00508. The van der Waals surface area contributed by atoms with E-state index in [2.05, 4.69) is 11.0 Å². The van der Waals surface area contributed by atoms with Crippen LogP contribution in [0, 0.1) is 11.8 Å². The van der Waals surface area contributed by atoms with Gasteiger partial charge in [-0.1, -0.05) is 36.4 Å². The van der Waals surface area contributed by atoms with Gasteiger partial charge in [0.2, 0.25) is 5.91 Å². The van der Waals surface area contributed by atoms with Crippen molar-refractivity contribution in [1.82, 2.24) is 9.80 Å². The molecule has 2 unspecified atom stereocenters. The van der Waals surface area contributed by atoms with Crippen LogP contribution >= 0.6 is 0 Å². The van der Waals surface area contributed by atoms with Crippen LogP contribution in [0.2, 0.25) is 0 Å². The van der Waals surface area contributed by atoms with Crippen LogP contribution in [0.4, 0.5) is 0 Å². The van der Waals surface area contributed by atoms with E-state index in [1.54, 1.807) is 13.2 Å². The summed E-state index contributed by atoms with van der Waals surface area (Å²) in [5, 5.41) is 0. The zero-order valence-electron chi connectivity index (χ0n) is 23.5. The van der Waals surface area contributed by atoms with E-state index in [4.69, 9.17) is 14.2 Å². The summed E-state index contributed by atoms with van der Waals surface area (Å²) in [6, 6.07) is 14.6. The number of esters is 1. The molecule has 3 aliphatic carbocycles. The van der Waals surface area contributed by atoms with Crippen LogP contribution in [0.3, 0.4) is 0 Å². The summed E-state index contributed by atoms with van der Waals surface area (Å²) in [7, 11) is 3.64. The molecule has 40 heavy (non-hydrogen) atoms. The van der Waals surface area contributed by atoms with Crippen LogP contribution in [0.1, 0.15) is 49.3 Å². The number of piperidine rings is 1. The first-order valence-corrected chi connectivity index (χ1v) is 14.7. The second-order valence-electron chi connectivity index (χ2n) is 12.3. The molecule has 2 saturated carbocycles. The van der Waals surface area contributed by atoms with E-state index in [1.165, 1.54) is 18.1 Å². The van der Waals surface area contributed by atoms with Crippen LogP contribution < -0.4 is 9.47 Å². The molecule has 2 aliphatic heterocycles. The third-order valence-electron chi connectivity index (χ3n) is 10.3. The number of likely N-dealkylation sites (tertiary alicyclic amines) is 1. The Kier molecular flexibility index (Phi) is 6.19. The topological polar surface area (TPSA) is 68.3 Å². The summed E-state index contributed by atoms with van der Waals surface area (Å²) in [5.74, 6) is 2.40. The molecule has 1 saturated heterocycles. The van der Waals surface area contributed by atoms with Gasteiger partial charge in [-0.2, -0.15) is 0 Å². The van der Waals surface area contributed by atoms with Gasteiger partial charge in [-0.25, -0.2) is 0 Å². The van der Waals surface area contributed by atoms with E-state index in [0.29, 0.717) is 17.9 Å². The largest absolute Gasteiger partial charge is 0.493 e. The predicted octanol–water partition coefficient (Wildman–Crippen LogP) is 4.23. The van der Waals surface area contributed by atoms with E-state index in [1.807, 2.05) is 54.4 Å². The van der Waals surface area contributed by atoms with Gasteiger partial charge in [0.05, 0.1) is 13.2 Å². The molecule has 210 valence electrons. The van der Waals surface area contributed by atoms with Crippen molar-refractivity contribution in [1.29, 1.82) is 0 Å². The van der Waals surface area contributed by atoms with Crippen molar-refractivity contribution in [3.63, 3.8) is 0 Å². The summed E-state index contributed by atoms with van der Waals surface area (Å²) in [6.45, 7) is 3.46. The van der Waals surface area contributed by atoms with Crippen LogP contribution in [0.5, 0.6) is 11.5 Å². The molecule has 3 fully saturated rings. The Bertz CT molecular complexity index is 1360. The number of hydrogen-bond donors (Lipinski definition) is 0. The molecule has 1 spiro atoms. The highest BCUT2D eigenvalue weighted by Gasteiger charge is 2.66. The average Bonchev–Trinajstić information content (AvgIpc) is 3.58. The lowest BCUT2D eigenvalue weighted by atomic mass is 9.51. The van der Waals surface area contributed by atoms with Gasteiger partial charge in [0.15, 0.2) is 11.5 Å². The molecular weight excluding hydrogens is 504 g/mol. The molecule has 0 radical (unpaired) electrons. The number of nitrogens with zero attached hydrogens (tertiary/aromatic N) is 2. The molecular formula is C33H38N2O5. The Labute approximate surface area is 236 Å². The third kappa shape index (κ3) is 3.96. The van der Waals surface area contributed by atoms with E-state index in [0.717, 1.165) is 62.3 Å². The minimum Gasteiger partial charge on any atom is -0.493 e. The van der Waals surface area contributed by atoms with Gasteiger partial charge in [0.1, 0.15) is 12.2 Å². The number of rotatable bonds is 7.